The van der Waals surface area contributed by atoms with Gasteiger partial charge in [0.2, 0.25) is 17.8 Å². The molecule has 6 atom stereocenters. The van der Waals surface area contributed by atoms with Gasteiger partial charge in [-0.3, -0.25) is 4.79 Å². The summed E-state index contributed by atoms with van der Waals surface area (Å²) in [6.07, 6.45) is -8.87. The zero-order valence-corrected chi connectivity index (χ0v) is 15.8. The van der Waals surface area contributed by atoms with Crippen LogP contribution in [0.5, 0.6) is 28.7 Å². The van der Waals surface area contributed by atoms with E-state index < -0.39 is 60.7 Å². The van der Waals surface area contributed by atoms with Crippen molar-refractivity contribution in [1.29, 1.82) is 0 Å². The maximum absolute atomic E-state index is 12.7. The highest BCUT2D eigenvalue weighted by atomic mass is 16.7. The molecule has 2 aromatic rings. The Labute approximate surface area is 174 Å². The zero-order chi connectivity index (χ0) is 22.4. The first-order valence-corrected chi connectivity index (χ1v) is 9.28. The fraction of sp³-hybridized carbons (Fsp3) is 0.350. The van der Waals surface area contributed by atoms with Crippen molar-refractivity contribution in [2.45, 2.75) is 36.8 Å². The van der Waals surface area contributed by atoms with Crippen molar-refractivity contribution < 1.29 is 54.8 Å². The van der Waals surface area contributed by atoms with E-state index in [2.05, 4.69) is 0 Å². The van der Waals surface area contributed by atoms with Crippen LogP contribution in [0.2, 0.25) is 0 Å². The monoisotopic (exact) mass is 436 g/mol. The number of carbonyl (C=O) groups excluding carboxylic acids is 1. The fourth-order valence-corrected chi connectivity index (χ4v) is 3.49. The lowest BCUT2D eigenvalue weighted by Gasteiger charge is -2.39. The largest absolute Gasteiger partial charge is 0.504 e. The summed E-state index contributed by atoms with van der Waals surface area (Å²) < 4.78 is 16.2. The smallest absolute Gasteiger partial charge is 0.229 e. The molecule has 0 aromatic heterocycles. The molecule has 7 N–H and O–H groups in total. The number of hydrogen-bond acceptors (Lipinski definition) is 11. The Balaban J connectivity index is 1.59. The summed E-state index contributed by atoms with van der Waals surface area (Å²) in [4.78, 5) is 12.7. The first-order valence-electron chi connectivity index (χ1n) is 9.28. The Kier molecular flexibility index (Phi) is 5.37. The minimum Gasteiger partial charge on any atom is -0.504 e. The third-order valence-corrected chi connectivity index (χ3v) is 5.23. The fourth-order valence-electron chi connectivity index (χ4n) is 3.49. The number of benzene rings is 2. The highest BCUT2D eigenvalue weighted by Gasteiger charge is 2.45. The van der Waals surface area contributed by atoms with E-state index in [1.807, 2.05) is 0 Å². The maximum atomic E-state index is 12.7. The second-order valence-electron chi connectivity index (χ2n) is 7.21. The summed E-state index contributed by atoms with van der Waals surface area (Å²) in [6, 6.07) is 6.28. The van der Waals surface area contributed by atoms with E-state index in [1.54, 1.807) is 0 Å². The van der Waals surface area contributed by atoms with E-state index in [9.17, 15) is 40.5 Å². The van der Waals surface area contributed by atoms with Gasteiger partial charge in [-0.05, 0) is 24.3 Å². The third-order valence-electron chi connectivity index (χ3n) is 5.23. The van der Waals surface area contributed by atoms with Crippen LogP contribution in [0.25, 0.3) is 0 Å². The normalized spacial score (nSPS) is 30.0. The van der Waals surface area contributed by atoms with Crippen LogP contribution >= 0.6 is 0 Å². The van der Waals surface area contributed by atoms with Crippen molar-refractivity contribution in [3.05, 3.63) is 41.5 Å². The van der Waals surface area contributed by atoms with Gasteiger partial charge in [0.25, 0.3) is 0 Å². The summed E-state index contributed by atoms with van der Waals surface area (Å²) in [5.74, 6) is -2.34. The Morgan fingerprint density at radius 3 is 2.35 bits per heavy atom. The van der Waals surface area contributed by atoms with E-state index in [0.717, 1.165) is 6.07 Å². The van der Waals surface area contributed by atoms with Gasteiger partial charge in [-0.15, -0.1) is 0 Å². The summed E-state index contributed by atoms with van der Waals surface area (Å²) in [5, 5.41) is 68.7. The van der Waals surface area contributed by atoms with Crippen LogP contribution < -0.4 is 9.47 Å². The van der Waals surface area contributed by atoms with Crippen LogP contribution in [0, 0.1) is 0 Å². The van der Waals surface area contributed by atoms with Crippen molar-refractivity contribution in [1.82, 2.24) is 0 Å². The van der Waals surface area contributed by atoms with E-state index in [1.165, 1.54) is 24.3 Å². The number of rotatable bonds is 4. The minimum atomic E-state index is -1.69. The predicted molar refractivity (Wildman–Crippen MR) is 100.0 cm³/mol. The molecule has 2 aliphatic rings. The standard InChI is InChI=1S/C20H20O11/c21-6-12-14(25)16(27)17(28)20(30-12)29-11-4-2-8-13(24)18(31-19(8)15(11)26)7-1-3-9(22)10(23)5-7/h1-5,12,14,16-18,20-23,25-28H,6H2/t12-,14+,16+,17+,18+,20+/m0/s1. The highest BCUT2D eigenvalue weighted by molar-refractivity contribution is 6.06. The Morgan fingerprint density at radius 2 is 1.68 bits per heavy atom. The first kappa shape index (κ1) is 21.2. The van der Waals surface area contributed by atoms with E-state index in [4.69, 9.17) is 14.2 Å². The summed E-state index contributed by atoms with van der Waals surface area (Å²) in [5.41, 5.74) is 0.281. The lowest BCUT2D eigenvalue weighted by molar-refractivity contribution is -0.277. The number of hydrogen-bond donors (Lipinski definition) is 7. The number of phenolic OH excluding ortho intramolecular Hbond substituents is 3. The number of aliphatic hydroxyl groups excluding tert-OH is 4. The number of fused-ring (bicyclic) bond motifs is 1. The van der Waals surface area contributed by atoms with Gasteiger partial charge >= 0.3 is 0 Å². The van der Waals surface area contributed by atoms with Gasteiger partial charge in [-0.2, -0.15) is 0 Å². The highest BCUT2D eigenvalue weighted by Crippen LogP contribution is 2.48. The predicted octanol–water partition coefficient (Wildman–Crippen LogP) is -0.702. The van der Waals surface area contributed by atoms with Gasteiger partial charge in [0.15, 0.2) is 29.1 Å². The van der Waals surface area contributed by atoms with Gasteiger partial charge in [0, 0.05) is 5.56 Å². The van der Waals surface area contributed by atoms with Gasteiger partial charge in [-0.25, -0.2) is 0 Å². The second kappa shape index (κ2) is 7.87. The number of aliphatic hydroxyl groups is 4. The molecular weight excluding hydrogens is 416 g/mol. The van der Waals surface area contributed by atoms with Crippen LogP contribution in [0.15, 0.2) is 30.3 Å². The molecule has 0 aliphatic carbocycles. The van der Waals surface area contributed by atoms with Crippen LogP contribution in [0.3, 0.4) is 0 Å². The Hall–Kier alpha value is -3.09. The van der Waals surface area contributed by atoms with Crippen molar-refractivity contribution >= 4 is 5.78 Å². The molecule has 166 valence electrons. The molecule has 2 aromatic carbocycles. The van der Waals surface area contributed by atoms with Gasteiger partial charge in [-0.1, -0.05) is 6.07 Å². The Morgan fingerprint density at radius 1 is 0.935 bits per heavy atom. The quantitative estimate of drug-likeness (QED) is 0.300. The summed E-state index contributed by atoms with van der Waals surface area (Å²) in [6.45, 7) is -0.653. The molecule has 0 unspecified atom stereocenters. The average Bonchev–Trinajstić information content (AvgIpc) is 3.09. The first-order chi connectivity index (χ1) is 14.7. The van der Waals surface area contributed by atoms with Crippen LogP contribution in [0.1, 0.15) is 22.0 Å². The SMILES string of the molecule is O=C1c2ccc(O[C@@H]3O[C@@H](CO)[C@@H](O)[C@@H](O)[C@H]3O)c(O)c2O[C@@H]1c1ccc(O)c(O)c1. The molecule has 11 nitrogen and oxygen atoms in total. The number of carbonyl (C=O) groups is 1. The minimum absolute atomic E-state index is 0.0382. The molecular formula is C20H20O11. The molecule has 2 aliphatic heterocycles. The molecule has 0 radical (unpaired) electrons. The molecule has 1 saturated heterocycles. The number of Topliss-reactive ketones (excluding diaryl/α,β-unsaturated/α-hetero) is 1. The summed E-state index contributed by atoms with van der Waals surface area (Å²) in [7, 11) is 0. The van der Waals surface area contributed by atoms with Crippen LogP contribution in [0.4, 0.5) is 0 Å². The lowest BCUT2D eigenvalue weighted by atomic mass is 9.99. The molecule has 1 fully saturated rings. The molecule has 4 rings (SSSR count). The number of ether oxygens (including phenoxy) is 3. The maximum Gasteiger partial charge on any atom is 0.229 e. The molecule has 11 heteroatoms. The number of ketones is 1. The molecule has 0 amide bonds. The van der Waals surface area contributed by atoms with Gasteiger partial charge < -0.3 is 50.0 Å². The topological polar surface area (TPSA) is 186 Å². The molecule has 0 saturated carbocycles. The third kappa shape index (κ3) is 3.52. The average molecular weight is 436 g/mol. The van der Waals surface area contributed by atoms with E-state index in [0.29, 0.717) is 0 Å². The zero-order valence-electron chi connectivity index (χ0n) is 15.8. The number of aromatic hydroxyl groups is 3. The summed E-state index contributed by atoms with van der Waals surface area (Å²) >= 11 is 0. The molecule has 2 heterocycles. The van der Waals surface area contributed by atoms with E-state index >= 15 is 0 Å². The molecule has 0 spiro atoms. The molecule has 0 bridgehead atoms. The van der Waals surface area contributed by atoms with Crippen LogP contribution in [-0.4, -0.2) is 78.8 Å². The lowest BCUT2D eigenvalue weighted by Crippen LogP contribution is -2.60. The van der Waals surface area contributed by atoms with Crippen LogP contribution in [-0.2, 0) is 4.74 Å². The van der Waals surface area contributed by atoms with Crippen molar-refractivity contribution in [2.75, 3.05) is 6.61 Å². The van der Waals surface area contributed by atoms with E-state index in [-0.39, 0.29) is 28.4 Å². The Bertz CT molecular complexity index is 1000. The number of phenols is 3. The van der Waals surface area contributed by atoms with Gasteiger partial charge in [0.1, 0.15) is 24.4 Å². The van der Waals surface area contributed by atoms with Crippen molar-refractivity contribution in [2.24, 2.45) is 0 Å². The molecule has 31 heavy (non-hydrogen) atoms. The van der Waals surface area contributed by atoms with Gasteiger partial charge in [0.05, 0.1) is 12.2 Å². The van der Waals surface area contributed by atoms with Crippen molar-refractivity contribution in [3.8, 4) is 28.7 Å². The second-order valence-corrected chi connectivity index (χ2v) is 7.21. The van der Waals surface area contributed by atoms with Crippen molar-refractivity contribution in [3.63, 3.8) is 0 Å².